The fraction of sp³-hybridized carbons (Fsp3) is 0.250. The molecule has 0 fully saturated rings. The number of rotatable bonds is 10. The standard InChI is InChI=1S/C24H24Cl2FNO3/c1-29-22-6-4-3-5-17(22)9-10-28-14-16-11-21(26)24(23(12-16)30-2)31-15-18-7-8-19(27)13-20(18)25/h3-8,11-13,28H,9-10,14-15H2,1-2H3. The lowest BCUT2D eigenvalue weighted by molar-refractivity contribution is 0.284. The van der Waals surface area contributed by atoms with Crippen LogP contribution in [0.4, 0.5) is 4.39 Å². The van der Waals surface area contributed by atoms with Gasteiger partial charge >= 0.3 is 0 Å². The lowest BCUT2D eigenvalue weighted by Crippen LogP contribution is -2.17. The van der Waals surface area contributed by atoms with E-state index < -0.39 is 5.82 Å². The fourth-order valence-electron chi connectivity index (χ4n) is 3.17. The quantitative estimate of drug-likeness (QED) is 0.370. The van der Waals surface area contributed by atoms with Crippen molar-refractivity contribution in [1.82, 2.24) is 5.32 Å². The van der Waals surface area contributed by atoms with Gasteiger partial charge in [0.25, 0.3) is 0 Å². The highest BCUT2D eigenvalue weighted by Gasteiger charge is 2.13. The van der Waals surface area contributed by atoms with E-state index in [0.717, 1.165) is 29.8 Å². The minimum Gasteiger partial charge on any atom is -0.496 e. The van der Waals surface area contributed by atoms with Gasteiger partial charge in [0, 0.05) is 12.1 Å². The van der Waals surface area contributed by atoms with E-state index in [1.165, 1.54) is 12.1 Å². The highest BCUT2D eigenvalue weighted by Crippen LogP contribution is 2.37. The van der Waals surface area contributed by atoms with Crippen molar-refractivity contribution in [1.29, 1.82) is 0 Å². The predicted octanol–water partition coefficient (Wildman–Crippen LogP) is 6.06. The summed E-state index contributed by atoms with van der Waals surface area (Å²) in [5, 5.41) is 4.13. The first kappa shape index (κ1) is 23.2. The van der Waals surface area contributed by atoms with Crippen LogP contribution in [0, 0.1) is 5.82 Å². The van der Waals surface area contributed by atoms with Crippen LogP contribution in [0.2, 0.25) is 10.0 Å². The van der Waals surface area contributed by atoms with Crippen molar-refractivity contribution in [3.8, 4) is 17.2 Å². The Labute approximate surface area is 191 Å². The third-order valence-corrected chi connectivity index (χ3v) is 5.40. The first-order valence-electron chi connectivity index (χ1n) is 9.77. The molecule has 0 spiro atoms. The summed E-state index contributed by atoms with van der Waals surface area (Å²) in [7, 11) is 3.23. The largest absolute Gasteiger partial charge is 0.496 e. The summed E-state index contributed by atoms with van der Waals surface area (Å²) in [5.74, 6) is 1.43. The molecule has 31 heavy (non-hydrogen) atoms. The second kappa shape index (κ2) is 11.2. The van der Waals surface area contributed by atoms with Crippen LogP contribution in [0.3, 0.4) is 0 Å². The molecular weight excluding hydrogens is 440 g/mol. The number of hydrogen-bond acceptors (Lipinski definition) is 4. The predicted molar refractivity (Wildman–Crippen MR) is 122 cm³/mol. The summed E-state index contributed by atoms with van der Waals surface area (Å²) >= 11 is 12.5. The SMILES string of the molecule is COc1ccccc1CCNCc1cc(Cl)c(OCc2ccc(F)cc2Cl)c(OC)c1. The van der Waals surface area contributed by atoms with Crippen LogP contribution in [-0.4, -0.2) is 20.8 Å². The lowest BCUT2D eigenvalue weighted by Gasteiger charge is -2.15. The number of nitrogens with one attached hydrogen (secondary N) is 1. The maximum atomic E-state index is 13.2. The third kappa shape index (κ3) is 6.26. The van der Waals surface area contributed by atoms with Gasteiger partial charge in [-0.2, -0.15) is 0 Å². The molecule has 3 rings (SSSR count). The molecule has 0 unspecified atom stereocenters. The Bertz CT molecular complexity index is 1030. The molecule has 0 amide bonds. The van der Waals surface area contributed by atoms with E-state index in [9.17, 15) is 4.39 Å². The normalized spacial score (nSPS) is 10.7. The molecule has 164 valence electrons. The zero-order valence-electron chi connectivity index (χ0n) is 17.4. The van der Waals surface area contributed by atoms with Crippen molar-refractivity contribution in [3.63, 3.8) is 0 Å². The molecule has 0 heterocycles. The van der Waals surface area contributed by atoms with E-state index >= 15 is 0 Å². The first-order valence-corrected chi connectivity index (χ1v) is 10.5. The van der Waals surface area contributed by atoms with Gasteiger partial charge in [-0.05, 0) is 54.4 Å². The minimum absolute atomic E-state index is 0.145. The average Bonchev–Trinajstić information content (AvgIpc) is 2.77. The van der Waals surface area contributed by atoms with E-state index in [0.29, 0.717) is 33.7 Å². The summed E-state index contributed by atoms with van der Waals surface area (Å²) in [6.45, 7) is 1.54. The minimum atomic E-state index is -0.396. The average molecular weight is 464 g/mol. The van der Waals surface area contributed by atoms with Gasteiger partial charge in [0.05, 0.1) is 24.3 Å². The Hall–Kier alpha value is -2.47. The van der Waals surface area contributed by atoms with Crippen LogP contribution >= 0.6 is 23.2 Å². The van der Waals surface area contributed by atoms with Crippen molar-refractivity contribution in [2.75, 3.05) is 20.8 Å². The first-order chi connectivity index (χ1) is 15.0. The fourth-order valence-corrected chi connectivity index (χ4v) is 3.68. The molecule has 0 aromatic heterocycles. The Morgan fingerprint density at radius 3 is 2.39 bits per heavy atom. The molecule has 1 N–H and O–H groups in total. The molecule has 0 aliphatic heterocycles. The van der Waals surface area contributed by atoms with Crippen LogP contribution < -0.4 is 19.5 Å². The molecule has 0 saturated heterocycles. The van der Waals surface area contributed by atoms with Crippen LogP contribution in [0.1, 0.15) is 16.7 Å². The van der Waals surface area contributed by atoms with Gasteiger partial charge in [0.1, 0.15) is 18.2 Å². The van der Waals surface area contributed by atoms with Crippen LogP contribution in [0.15, 0.2) is 54.6 Å². The molecule has 0 saturated carbocycles. The summed E-state index contributed by atoms with van der Waals surface area (Å²) in [5.41, 5.74) is 2.77. The summed E-state index contributed by atoms with van der Waals surface area (Å²) in [6.07, 6.45) is 0.842. The second-order valence-corrected chi connectivity index (χ2v) is 7.69. The number of para-hydroxylation sites is 1. The van der Waals surface area contributed by atoms with Crippen molar-refractivity contribution in [2.24, 2.45) is 0 Å². The molecular formula is C24H24Cl2FNO3. The van der Waals surface area contributed by atoms with Crippen molar-refractivity contribution in [3.05, 3.63) is 87.2 Å². The zero-order valence-corrected chi connectivity index (χ0v) is 18.9. The van der Waals surface area contributed by atoms with Gasteiger partial charge in [-0.3, -0.25) is 0 Å². The smallest absolute Gasteiger partial charge is 0.180 e. The Balaban J connectivity index is 1.60. The Morgan fingerprint density at radius 2 is 1.65 bits per heavy atom. The lowest BCUT2D eigenvalue weighted by atomic mass is 10.1. The molecule has 3 aromatic carbocycles. The molecule has 7 heteroatoms. The molecule has 0 atom stereocenters. The maximum absolute atomic E-state index is 13.2. The third-order valence-electron chi connectivity index (χ3n) is 4.77. The monoisotopic (exact) mass is 463 g/mol. The van der Waals surface area contributed by atoms with E-state index in [-0.39, 0.29) is 6.61 Å². The van der Waals surface area contributed by atoms with Crippen LogP contribution in [0.5, 0.6) is 17.2 Å². The Kier molecular flexibility index (Phi) is 8.41. The number of ether oxygens (including phenoxy) is 3. The zero-order chi connectivity index (χ0) is 22.2. The van der Waals surface area contributed by atoms with Gasteiger partial charge in [-0.1, -0.05) is 47.5 Å². The summed E-state index contributed by atoms with van der Waals surface area (Å²) in [6, 6.07) is 15.8. The molecule has 0 radical (unpaired) electrons. The van der Waals surface area contributed by atoms with E-state index in [1.807, 2.05) is 30.3 Å². The molecule has 0 aliphatic carbocycles. The van der Waals surface area contributed by atoms with Gasteiger partial charge in [-0.25, -0.2) is 4.39 Å². The van der Waals surface area contributed by atoms with Crippen molar-refractivity contribution >= 4 is 23.2 Å². The molecule has 4 nitrogen and oxygen atoms in total. The number of benzene rings is 3. The highest BCUT2D eigenvalue weighted by molar-refractivity contribution is 6.32. The maximum Gasteiger partial charge on any atom is 0.180 e. The molecule has 0 aliphatic rings. The van der Waals surface area contributed by atoms with E-state index in [2.05, 4.69) is 11.4 Å². The van der Waals surface area contributed by atoms with E-state index in [4.69, 9.17) is 37.4 Å². The molecule has 3 aromatic rings. The van der Waals surface area contributed by atoms with E-state index in [1.54, 1.807) is 20.3 Å². The highest BCUT2D eigenvalue weighted by atomic mass is 35.5. The summed E-state index contributed by atoms with van der Waals surface area (Å²) < 4.78 is 29.9. The van der Waals surface area contributed by atoms with Gasteiger partial charge in [-0.15, -0.1) is 0 Å². The number of hydrogen-bond donors (Lipinski definition) is 1. The van der Waals surface area contributed by atoms with Crippen molar-refractivity contribution in [2.45, 2.75) is 19.6 Å². The van der Waals surface area contributed by atoms with Gasteiger partial charge in [0.2, 0.25) is 0 Å². The van der Waals surface area contributed by atoms with Crippen molar-refractivity contribution < 1.29 is 18.6 Å². The van der Waals surface area contributed by atoms with Gasteiger partial charge in [0.15, 0.2) is 11.5 Å². The topological polar surface area (TPSA) is 39.7 Å². The van der Waals surface area contributed by atoms with Crippen LogP contribution in [0.25, 0.3) is 0 Å². The van der Waals surface area contributed by atoms with Gasteiger partial charge < -0.3 is 19.5 Å². The Morgan fingerprint density at radius 1 is 0.871 bits per heavy atom. The number of methoxy groups -OCH3 is 2. The second-order valence-electron chi connectivity index (χ2n) is 6.87. The van der Waals surface area contributed by atoms with Crippen LogP contribution in [-0.2, 0) is 19.6 Å². The number of halogens is 3. The summed E-state index contributed by atoms with van der Waals surface area (Å²) in [4.78, 5) is 0. The molecule has 0 bridgehead atoms.